The molecule has 2 heterocycles. The maximum atomic E-state index is 4.54. The molecular weight excluding hydrogens is 222 g/mol. The third-order valence-electron chi connectivity index (χ3n) is 3.62. The van der Waals surface area contributed by atoms with E-state index in [1.807, 2.05) is 13.2 Å². The van der Waals surface area contributed by atoms with E-state index in [-0.39, 0.29) is 0 Å². The van der Waals surface area contributed by atoms with Crippen LogP contribution in [0, 0.1) is 6.92 Å². The number of hydrazine groups is 1. The highest BCUT2D eigenvalue weighted by molar-refractivity contribution is 5.84. The number of nitrogens with zero attached hydrogens (tertiary/aromatic N) is 2. The van der Waals surface area contributed by atoms with E-state index in [1.54, 1.807) is 0 Å². The molecule has 3 rings (SSSR count). The van der Waals surface area contributed by atoms with Crippen LogP contribution in [0.4, 0.5) is 0 Å². The van der Waals surface area contributed by atoms with Gasteiger partial charge in [0.05, 0.1) is 11.6 Å². The molecule has 0 saturated heterocycles. The number of aryl methyl sites for hydroxylation is 1. The van der Waals surface area contributed by atoms with Gasteiger partial charge in [-0.1, -0.05) is 11.6 Å². The lowest BCUT2D eigenvalue weighted by Crippen LogP contribution is -2.31. The first-order valence-corrected chi connectivity index (χ1v) is 6.21. The smallest absolute Gasteiger partial charge is 0.0702 e. The molecule has 18 heavy (non-hydrogen) atoms. The fourth-order valence-corrected chi connectivity index (χ4v) is 2.35. The molecule has 1 aliphatic rings. The standard InChI is InChI=1S/C15H17N3/c1-10-4-5-15-12(6-10)7-13(8-16-15)14-9-17-18(3)11(14)2/h4-9,11,17H,1-3H3. The van der Waals surface area contributed by atoms with Gasteiger partial charge >= 0.3 is 0 Å². The Morgan fingerprint density at radius 2 is 2.11 bits per heavy atom. The molecule has 0 radical (unpaired) electrons. The maximum absolute atomic E-state index is 4.54. The molecule has 0 spiro atoms. The van der Waals surface area contributed by atoms with E-state index < -0.39 is 0 Å². The van der Waals surface area contributed by atoms with E-state index in [0.29, 0.717) is 6.04 Å². The van der Waals surface area contributed by atoms with Crippen LogP contribution in [0.15, 0.2) is 36.7 Å². The fourth-order valence-electron chi connectivity index (χ4n) is 2.35. The van der Waals surface area contributed by atoms with Crippen LogP contribution in [0.25, 0.3) is 16.5 Å². The summed E-state index contributed by atoms with van der Waals surface area (Å²) in [5, 5.41) is 3.30. The van der Waals surface area contributed by atoms with Gasteiger partial charge in [0.15, 0.2) is 0 Å². The summed E-state index contributed by atoms with van der Waals surface area (Å²) in [6.07, 6.45) is 4.02. The zero-order chi connectivity index (χ0) is 12.7. The van der Waals surface area contributed by atoms with Crippen LogP contribution in [0.1, 0.15) is 18.1 Å². The summed E-state index contributed by atoms with van der Waals surface area (Å²) in [5.74, 6) is 0. The Balaban J connectivity index is 2.08. The van der Waals surface area contributed by atoms with Gasteiger partial charge < -0.3 is 5.43 Å². The maximum Gasteiger partial charge on any atom is 0.0702 e. The highest BCUT2D eigenvalue weighted by Gasteiger charge is 2.21. The van der Waals surface area contributed by atoms with Crippen molar-refractivity contribution < 1.29 is 0 Å². The predicted octanol–water partition coefficient (Wildman–Crippen LogP) is 2.72. The lowest BCUT2D eigenvalue weighted by molar-refractivity contribution is 0.270. The molecule has 0 bridgehead atoms. The van der Waals surface area contributed by atoms with Crippen molar-refractivity contribution >= 4 is 16.5 Å². The number of hydrogen-bond donors (Lipinski definition) is 1. The second kappa shape index (κ2) is 4.10. The van der Waals surface area contributed by atoms with Gasteiger partial charge in [-0.25, -0.2) is 5.01 Å². The Morgan fingerprint density at radius 1 is 1.28 bits per heavy atom. The largest absolute Gasteiger partial charge is 0.325 e. The third-order valence-corrected chi connectivity index (χ3v) is 3.62. The van der Waals surface area contributed by atoms with Gasteiger partial charge in [0.25, 0.3) is 0 Å². The summed E-state index contributed by atoms with van der Waals surface area (Å²) < 4.78 is 0. The summed E-state index contributed by atoms with van der Waals surface area (Å²) in [6.45, 7) is 4.30. The number of benzene rings is 1. The van der Waals surface area contributed by atoms with E-state index in [9.17, 15) is 0 Å². The fraction of sp³-hybridized carbons (Fsp3) is 0.267. The highest BCUT2D eigenvalue weighted by atomic mass is 15.5. The van der Waals surface area contributed by atoms with Crippen molar-refractivity contribution in [2.75, 3.05) is 7.05 Å². The van der Waals surface area contributed by atoms with Gasteiger partial charge in [-0.2, -0.15) is 0 Å². The normalized spacial score (nSPS) is 19.9. The zero-order valence-corrected chi connectivity index (χ0v) is 10.9. The van der Waals surface area contributed by atoms with Crippen molar-refractivity contribution in [2.24, 2.45) is 0 Å². The molecular formula is C15H17N3. The second-order valence-electron chi connectivity index (χ2n) is 4.94. The van der Waals surface area contributed by atoms with E-state index in [2.05, 4.69) is 59.7 Å². The summed E-state index contributed by atoms with van der Waals surface area (Å²) in [6, 6.07) is 8.95. The SMILES string of the molecule is Cc1ccc2ncc(C3=CNN(C)C3C)cc2c1. The summed E-state index contributed by atoms with van der Waals surface area (Å²) in [7, 11) is 2.05. The lowest BCUT2D eigenvalue weighted by Gasteiger charge is -2.17. The highest BCUT2D eigenvalue weighted by Crippen LogP contribution is 2.26. The Bertz CT molecular complexity index is 631. The van der Waals surface area contributed by atoms with E-state index in [4.69, 9.17) is 0 Å². The van der Waals surface area contributed by atoms with Crippen LogP contribution in [0.5, 0.6) is 0 Å². The molecule has 1 N–H and O–H groups in total. The minimum Gasteiger partial charge on any atom is -0.325 e. The summed E-state index contributed by atoms with van der Waals surface area (Å²) in [5.41, 5.74) is 8.02. The minimum atomic E-state index is 0.369. The topological polar surface area (TPSA) is 28.2 Å². The Morgan fingerprint density at radius 3 is 2.83 bits per heavy atom. The first-order chi connectivity index (χ1) is 8.65. The average Bonchev–Trinajstić information content (AvgIpc) is 2.69. The monoisotopic (exact) mass is 239 g/mol. The third kappa shape index (κ3) is 1.77. The molecule has 1 unspecified atom stereocenters. The van der Waals surface area contributed by atoms with Gasteiger partial charge in [0.2, 0.25) is 0 Å². The lowest BCUT2D eigenvalue weighted by atomic mass is 10.0. The Hall–Kier alpha value is -1.87. The number of likely N-dealkylation sites (N-methyl/N-ethyl adjacent to an activating group) is 1. The molecule has 3 nitrogen and oxygen atoms in total. The van der Waals surface area contributed by atoms with Crippen LogP contribution in [-0.4, -0.2) is 23.1 Å². The number of hydrogen-bond acceptors (Lipinski definition) is 3. The Labute approximate surface area is 107 Å². The molecule has 92 valence electrons. The average molecular weight is 239 g/mol. The number of rotatable bonds is 1. The molecule has 1 aromatic heterocycles. The van der Waals surface area contributed by atoms with Gasteiger partial charge in [-0.15, -0.1) is 0 Å². The number of aromatic nitrogens is 1. The van der Waals surface area contributed by atoms with E-state index >= 15 is 0 Å². The van der Waals surface area contributed by atoms with E-state index in [0.717, 1.165) is 5.52 Å². The number of pyridine rings is 1. The predicted molar refractivity (Wildman–Crippen MR) is 74.8 cm³/mol. The number of fused-ring (bicyclic) bond motifs is 1. The van der Waals surface area contributed by atoms with Crippen molar-refractivity contribution in [2.45, 2.75) is 19.9 Å². The molecule has 0 aliphatic carbocycles. The van der Waals surface area contributed by atoms with Crippen molar-refractivity contribution in [3.8, 4) is 0 Å². The molecule has 1 aliphatic heterocycles. The van der Waals surface area contributed by atoms with Gasteiger partial charge in [-0.05, 0) is 43.2 Å². The van der Waals surface area contributed by atoms with Crippen LogP contribution in [0.3, 0.4) is 0 Å². The van der Waals surface area contributed by atoms with Crippen LogP contribution in [0.2, 0.25) is 0 Å². The van der Waals surface area contributed by atoms with Crippen LogP contribution in [-0.2, 0) is 0 Å². The minimum absolute atomic E-state index is 0.369. The van der Waals surface area contributed by atoms with Gasteiger partial charge in [0.1, 0.15) is 0 Å². The van der Waals surface area contributed by atoms with Gasteiger partial charge in [0, 0.05) is 24.8 Å². The molecule has 3 heteroatoms. The first-order valence-electron chi connectivity index (χ1n) is 6.21. The zero-order valence-electron chi connectivity index (χ0n) is 10.9. The van der Waals surface area contributed by atoms with E-state index in [1.165, 1.54) is 22.1 Å². The molecule has 1 atom stereocenters. The van der Waals surface area contributed by atoms with Gasteiger partial charge in [-0.3, -0.25) is 4.98 Å². The quantitative estimate of drug-likeness (QED) is 0.829. The van der Waals surface area contributed by atoms with Crippen molar-refractivity contribution in [3.63, 3.8) is 0 Å². The molecule has 2 aromatic rings. The van der Waals surface area contributed by atoms with Crippen LogP contribution < -0.4 is 5.43 Å². The van der Waals surface area contributed by atoms with Crippen LogP contribution >= 0.6 is 0 Å². The molecule has 1 aromatic carbocycles. The van der Waals surface area contributed by atoms with Crippen molar-refractivity contribution in [1.82, 2.24) is 15.4 Å². The summed E-state index contributed by atoms with van der Waals surface area (Å²) >= 11 is 0. The number of nitrogens with one attached hydrogen (secondary N) is 1. The Kier molecular flexibility index (Phi) is 2.56. The summed E-state index contributed by atoms with van der Waals surface area (Å²) in [4.78, 5) is 4.54. The molecule has 0 fully saturated rings. The van der Waals surface area contributed by atoms with Crippen molar-refractivity contribution in [3.05, 3.63) is 47.8 Å². The van der Waals surface area contributed by atoms with Crippen molar-refractivity contribution in [1.29, 1.82) is 0 Å². The molecule has 0 amide bonds. The second-order valence-corrected chi connectivity index (χ2v) is 4.94. The first kappa shape index (κ1) is 11.2. The molecule has 0 saturated carbocycles.